The second kappa shape index (κ2) is 7.96. The normalized spacial score (nSPS) is 13.1. The number of aliphatic carboxylic acids is 1. The highest BCUT2D eigenvalue weighted by Crippen LogP contribution is 2.24. The summed E-state index contributed by atoms with van der Waals surface area (Å²) in [5.41, 5.74) is 0.0230. The molecule has 9 heteroatoms. The third kappa shape index (κ3) is 4.93. The number of sulfonamides is 1. The fraction of sp³-hybridized carbons (Fsp3) is 0.467. The summed E-state index contributed by atoms with van der Waals surface area (Å²) in [5.74, 6) is -1.75. The number of halogens is 1. The summed E-state index contributed by atoms with van der Waals surface area (Å²) in [4.78, 5) is 23.3. The predicted molar refractivity (Wildman–Crippen MR) is 90.7 cm³/mol. The Morgan fingerprint density at radius 2 is 1.88 bits per heavy atom. The van der Waals surface area contributed by atoms with E-state index in [9.17, 15) is 23.1 Å². The van der Waals surface area contributed by atoms with Gasteiger partial charge in [-0.15, -0.1) is 0 Å². The van der Waals surface area contributed by atoms with E-state index in [-0.39, 0.29) is 27.8 Å². The smallest absolute Gasteiger partial charge is 0.326 e. The number of hydrogen-bond acceptors (Lipinski definition) is 4. The molecule has 0 bridgehead atoms. The molecule has 134 valence electrons. The van der Waals surface area contributed by atoms with Crippen LogP contribution in [0.5, 0.6) is 0 Å². The second-order valence-corrected chi connectivity index (χ2v) is 8.45. The van der Waals surface area contributed by atoms with E-state index in [1.165, 1.54) is 26.2 Å². The zero-order chi connectivity index (χ0) is 18.7. The van der Waals surface area contributed by atoms with Crippen LogP contribution in [-0.2, 0) is 14.8 Å². The van der Waals surface area contributed by atoms with Crippen molar-refractivity contribution >= 4 is 33.5 Å². The van der Waals surface area contributed by atoms with Crippen LogP contribution in [0.2, 0.25) is 5.02 Å². The Balaban J connectivity index is 3.15. The van der Waals surface area contributed by atoms with E-state index >= 15 is 0 Å². The average Bonchev–Trinajstić information content (AvgIpc) is 2.45. The van der Waals surface area contributed by atoms with Crippen molar-refractivity contribution in [3.8, 4) is 0 Å². The third-order valence-electron chi connectivity index (χ3n) is 3.26. The molecule has 0 fully saturated rings. The Labute approximate surface area is 146 Å². The number of carbonyl (C=O) groups is 2. The third-order valence-corrected chi connectivity index (χ3v) is 5.56. The molecule has 0 aliphatic rings. The molecule has 1 amide bonds. The lowest BCUT2D eigenvalue weighted by molar-refractivity contribution is -0.139. The highest BCUT2D eigenvalue weighted by Gasteiger charge is 2.25. The lowest BCUT2D eigenvalue weighted by atomic mass is 10.0. The van der Waals surface area contributed by atoms with Crippen molar-refractivity contribution in [1.29, 1.82) is 0 Å². The predicted octanol–water partition coefficient (Wildman–Crippen LogP) is 1.82. The molecule has 0 aliphatic heterocycles. The van der Waals surface area contributed by atoms with Gasteiger partial charge in [0.15, 0.2) is 0 Å². The number of carboxylic acids is 1. The van der Waals surface area contributed by atoms with E-state index in [1.54, 1.807) is 0 Å². The molecule has 1 unspecified atom stereocenters. The minimum absolute atomic E-state index is 0.0165. The van der Waals surface area contributed by atoms with Crippen molar-refractivity contribution in [3.63, 3.8) is 0 Å². The molecular weight excluding hydrogens is 356 g/mol. The molecule has 0 aliphatic carbocycles. The van der Waals surface area contributed by atoms with E-state index in [2.05, 4.69) is 5.32 Å². The molecule has 2 N–H and O–H groups in total. The number of carbonyl (C=O) groups excluding carboxylic acids is 1. The maximum atomic E-state index is 12.3. The molecule has 1 rings (SSSR count). The van der Waals surface area contributed by atoms with Crippen LogP contribution in [-0.4, -0.2) is 49.8 Å². The fourth-order valence-electron chi connectivity index (χ4n) is 1.97. The zero-order valence-electron chi connectivity index (χ0n) is 13.9. The summed E-state index contributed by atoms with van der Waals surface area (Å²) >= 11 is 5.92. The van der Waals surface area contributed by atoms with Gasteiger partial charge in [-0.1, -0.05) is 25.4 Å². The Bertz CT molecular complexity index is 731. The second-order valence-electron chi connectivity index (χ2n) is 5.93. The lowest BCUT2D eigenvalue weighted by Crippen LogP contribution is -2.41. The van der Waals surface area contributed by atoms with E-state index < -0.39 is 27.9 Å². The molecule has 0 radical (unpaired) electrons. The molecule has 7 nitrogen and oxygen atoms in total. The number of nitrogens with one attached hydrogen (secondary N) is 1. The SMILES string of the molecule is CC(C)CC(NC(=O)c1ccc(Cl)c(S(=O)(=O)N(C)C)c1)C(=O)O. The van der Waals surface area contributed by atoms with Crippen molar-refractivity contribution in [2.45, 2.75) is 31.2 Å². The fourth-order valence-corrected chi connectivity index (χ4v) is 3.37. The molecular formula is C15H21ClN2O5S. The van der Waals surface area contributed by atoms with Crippen molar-refractivity contribution in [2.24, 2.45) is 5.92 Å². The zero-order valence-corrected chi connectivity index (χ0v) is 15.5. The van der Waals surface area contributed by atoms with Crippen molar-refractivity contribution in [2.75, 3.05) is 14.1 Å². The van der Waals surface area contributed by atoms with Crippen LogP contribution in [0.1, 0.15) is 30.6 Å². The minimum Gasteiger partial charge on any atom is -0.480 e. The van der Waals surface area contributed by atoms with E-state index in [1.807, 2.05) is 13.8 Å². The number of carboxylic acid groups (broad SMARTS) is 1. The van der Waals surface area contributed by atoms with Gasteiger partial charge < -0.3 is 10.4 Å². The summed E-state index contributed by atoms with van der Waals surface area (Å²) < 4.78 is 25.4. The first kappa shape index (κ1) is 20.4. The van der Waals surface area contributed by atoms with Gasteiger partial charge >= 0.3 is 5.97 Å². The van der Waals surface area contributed by atoms with E-state index in [0.29, 0.717) is 0 Å². The molecule has 0 aromatic heterocycles. The van der Waals surface area contributed by atoms with E-state index in [0.717, 1.165) is 10.4 Å². The van der Waals surface area contributed by atoms with Gasteiger partial charge in [-0.2, -0.15) is 0 Å². The monoisotopic (exact) mass is 376 g/mol. The molecule has 0 saturated carbocycles. The molecule has 1 aromatic rings. The standard InChI is InChI=1S/C15H21ClN2O5S/c1-9(2)7-12(15(20)21)17-14(19)10-5-6-11(16)13(8-10)24(22,23)18(3)4/h5-6,8-9,12H,7H2,1-4H3,(H,17,19)(H,20,21). The van der Waals surface area contributed by atoms with Gasteiger partial charge in [-0.25, -0.2) is 17.5 Å². The van der Waals surface area contributed by atoms with Crippen molar-refractivity contribution in [1.82, 2.24) is 9.62 Å². The summed E-state index contributed by atoms with van der Waals surface area (Å²) in [6, 6.07) is 2.73. The minimum atomic E-state index is -3.82. The molecule has 1 aromatic carbocycles. The first-order valence-corrected chi connectivity index (χ1v) is 9.04. The van der Waals surface area contributed by atoms with Crippen LogP contribution in [0, 0.1) is 5.92 Å². The number of hydrogen-bond donors (Lipinski definition) is 2. The molecule has 0 saturated heterocycles. The van der Waals surface area contributed by atoms with Crippen LogP contribution in [0.25, 0.3) is 0 Å². The van der Waals surface area contributed by atoms with Gasteiger partial charge in [0.05, 0.1) is 5.02 Å². The average molecular weight is 377 g/mol. The first-order valence-electron chi connectivity index (χ1n) is 7.22. The largest absolute Gasteiger partial charge is 0.480 e. The highest BCUT2D eigenvalue weighted by atomic mass is 35.5. The van der Waals surface area contributed by atoms with E-state index in [4.69, 9.17) is 11.6 Å². The Morgan fingerprint density at radius 3 is 2.33 bits per heavy atom. The van der Waals surface area contributed by atoms with Gasteiger partial charge in [0.2, 0.25) is 10.0 Å². The Morgan fingerprint density at radius 1 is 1.29 bits per heavy atom. The van der Waals surface area contributed by atoms with Gasteiger partial charge in [0.1, 0.15) is 10.9 Å². The molecule has 24 heavy (non-hydrogen) atoms. The topological polar surface area (TPSA) is 104 Å². The van der Waals surface area contributed by atoms with Crippen LogP contribution in [0.4, 0.5) is 0 Å². The van der Waals surface area contributed by atoms with Crippen LogP contribution in [0.15, 0.2) is 23.1 Å². The summed E-state index contributed by atoms with van der Waals surface area (Å²) in [5, 5.41) is 11.6. The Hall–Kier alpha value is -1.64. The van der Waals surface area contributed by atoms with Crippen LogP contribution < -0.4 is 5.32 Å². The first-order chi connectivity index (χ1) is 11.0. The summed E-state index contributed by atoms with van der Waals surface area (Å²) in [6.45, 7) is 3.68. The summed E-state index contributed by atoms with van der Waals surface area (Å²) in [6.07, 6.45) is 0.261. The summed E-state index contributed by atoms with van der Waals surface area (Å²) in [7, 11) is -1.12. The Kier molecular flexibility index (Phi) is 6.76. The van der Waals surface area contributed by atoms with Gasteiger partial charge in [-0.05, 0) is 30.5 Å². The number of rotatable bonds is 7. The van der Waals surface area contributed by atoms with Crippen LogP contribution >= 0.6 is 11.6 Å². The molecule has 0 heterocycles. The number of nitrogens with zero attached hydrogens (tertiary/aromatic N) is 1. The number of amides is 1. The van der Waals surface area contributed by atoms with Gasteiger partial charge in [0, 0.05) is 19.7 Å². The van der Waals surface area contributed by atoms with Crippen molar-refractivity contribution in [3.05, 3.63) is 28.8 Å². The lowest BCUT2D eigenvalue weighted by Gasteiger charge is -2.17. The molecule has 1 atom stereocenters. The quantitative estimate of drug-likeness (QED) is 0.755. The molecule has 0 spiro atoms. The number of benzene rings is 1. The van der Waals surface area contributed by atoms with Crippen molar-refractivity contribution < 1.29 is 23.1 Å². The maximum Gasteiger partial charge on any atom is 0.326 e. The van der Waals surface area contributed by atoms with Gasteiger partial charge in [-0.3, -0.25) is 4.79 Å². The highest BCUT2D eigenvalue weighted by molar-refractivity contribution is 7.89. The van der Waals surface area contributed by atoms with Crippen LogP contribution in [0.3, 0.4) is 0 Å². The van der Waals surface area contributed by atoms with Gasteiger partial charge in [0.25, 0.3) is 5.91 Å². The maximum absolute atomic E-state index is 12.3.